The minimum atomic E-state index is -1.03. The van der Waals surface area contributed by atoms with Gasteiger partial charge in [0.15, 0.2) is 6.29 Å². The Balaban J connectivity index is 0.995. The summed E-state index contributed by atoms with van der Waals surface area (Å²) in [7, 11) is 0. The lowest BCUT2D eigenvalue weighted by molar-refractivity contribution is -0.138. The molecule has 1 unspecified atom stereocenters. The van der Waals surface area contributed by atoms with Gasteiger partial charge in [0.05, 0.1) is 27.0 Å². The van der Waals surface area contributed by atoms with E-state index in [9.17, 15) is 9.90 Å². The van der Waals surface area contributed by atoms with Crippen molar-refractivity contribution in [2.45, 2.75) is 11.7 Å². The summed E-state index contributed by atoms with van der Waals surface area (Å²) < 4.78 is 24.9. The van der Waals surface area contributed by atoms with Crippen LogP contribution in [0.1, 0.15) is 21.1 Å². The molecule has 0 bridgehead atoms. The van der Waals surface area contributed by atoms with Crippen molar-refractivity contribution in [2.75, 3.05) is 26.4 Å². The average molecular weight is 915 g/mol. The fraction of sp³-hybridized carbons (Fsp3) is 0.105. The van der Waals surface area contributed by atoms with E-state index in [2.05, 4.69) is 134 Å². The Morgan fingerprint density at radius 1 is 0.567 bits per heavy atom. The molecule has 0 amide bonds. The molecular formula is C57H42N2O6S2. The van der Waals surface area contributed by atoms with E-state index in [1.807, 2.05) is 36.4 Å². The summed E-state index contributed by atoms with van der Waals surface area (Å²) in [6, 6.07) is 55.1. The number of hydrogen-bond donors (Lipinski definition) is 1. The molecule has 0 radical (unpaired) electrons. The summed E-state index contributed by atoms with van der Waals surface area (Å²) in [6.45, 7) is 7.89. The summed E-state index contributed by atoms with van der Waals surface area (Å²) >= 11 is 3.44. The Kier molecular flexibility index (Phi) is 11.2. The molecule has 1 N–H and O–H groups in total. The third-order valence-corrected chi connectivity index (χ3v) is 14.6. The number of aliphatic hydroxyl groups is 1. The summed E-state index contributed by atoms with van der Waals surface area (Å²) in [5.74, 6) is 0.996. The quantitative estimate of drug-likeness (QED) is 0.0357. The first-order valence-electron chi connectivity index (χ1n) is 22.0. The van der Waals surface area contributed by atoms with Crippen molar-refractivity contribution in [3.63, 3.8) is 0 Å². The molecule has 8 nitrogen and oxygen atoms in total. The maximum absolute atomic E-state index is 11.6. The lowest BCUT2D eigenvalue weighted by Gasteiger charge is -2.27. The van der Waals surface area contributed by atoms with Crippen LogP contribution in [-0.2, 0) is 19.7 Å². The van der Waals surface area contributed by atoms with Crippen LogP contribution in [-0.4, -0.2) is 53.8 Å². The van der Waals surface area contributed by atoms with Crippen molar-refractivity contribution in [2.24, 2.45) is 0 Å². The van der Waals surface area contributed by atoms with Crippen LogP contribution in [0.3, 0.4) is 0 Å². The van der Waals surface area contributed by atoms with Crippen molar-refractivity contribution in [3.05, 3.63) is 204 Å². The third kappa shape index (κ3) is 7.44. The molecule has 2 aromatic heterocycles. The summed E-state index contributed by atoms with van der Waals surface area (Å²) in [4.78, 5) is 22.6. The number of rotatable bonds is 15. The number of hydrogen-bond acceptors (Lipinski definition) is 10. The van der Waals surface area contributed by atoms with Crippen LogP contribution in [0.4, 0.5) is 0 Å². The number of benzene rings is 8. The van der Waals surface area contributed by atoms with E-state index in [4.69, 9.17) is 28.9 Å². The first-order valence-corrected chi connectivity index (χ1v) is 23.6. The van der Waals surface area contributed by atoms with Gasteiger partial charge in [-0.25, -0.2) is 14.8 Å². The molecule has 0 saturated heterocycles. The lowest BCUT2D eigenvalue weighted by Crippen LogP contribution is -2.28. The van der Waals surface area contributed by atoms with Crippen LogP contribution in [0.15, 0.2) is 183 Å². The molecule has 328 valence electrons. The van der Waals surface area contributed by atoms with Gasteiger partial charge in [0.2, 0.25) is 0 Å². The van der Waals surface area contributed by atoms with Crippen LogP contribution in [0.2, 0.25) is 0 Å². The van der Waals surface area contributed by atoms with Crippen LogP contribution in [0.5, 0.6) is 11.5 Å². The summed E-state index contributed by atoms with van der Waals surface area (Å²) in [6.07, 6.45) is 1.46. The van der Waals surface area contributed by atoms with E-state index in [0.29, 0.717) is 0 Å². The maximum Gasteiger partial charge on any atom is 0.330 e. The standard InChI is InChI=1S/C57H42N2O6S2/c1-3-53(60)64-31-29-62-49-27-23-37(39-13-5-7-17-43(39)49)35-21-25-47-51(33-35)66-55(58-47)57(45-19-11-9-15-41(45)42-16-10-12-20-46(42)57)56-59-48-26-22-36(34-52(48)67-56)38-24-28-50(44-18-8-6-14-40(38)44)63-30-32-65-54(61)4-2/h3-28,33-34,53,60H,1-2,29-32H2. The lowest BCUT2D eigenvalue weighted by atomic mass is 9.79. The smallest absolute Gasteiger partial charge is 0.330 e. The maximum atomic E-state index is 11.6. The normalized spacial score (nSPS) is 13.1. The van der Waals surface area contributed by atoms with E-state index < -0.39 is 17.7 Å². The SMILES string of the molecule is C=CC(=O)OCCOc1ccc(-c2ccc3nc(C4(c5nc6ccc(-c7ccc(OCCOC(O)C=C)c8ccccc78)cc6s5)c5ccccc5-c5ccccc54)sc3c2)c2ccccc12. The number of carbonyl (C=O) groups excluding carboxylic acids is 1. The predicted molar refractivity (Wildman–Crippen MR) is 270 cm³/mol. The molecule has 0 saturated carbocycles. The van der Waals surface area contributed by atoms with Gasteiger partial charge >= 0.3 is 5.97 Å². The fourth-order valence-corrected chi connectivity index (χ4v) is 11.8. The molecule has 1 aliphatic carbocycles. The number of ether oxygens (including phenoxy) is 4. The van der Waals surface area contributed by atoms with Gasteiger partial charge in [0, 0.05) is 16.8 Å². The van der Waals surface area contributed by atoms with E-state index in [1.54, 1.807) is 22.7 Å². The van der Waals surface area contributed by atoms with Crippen LogP contribution in [0.25, 0.3) is 75.4 Å². The van der Waals surface area contributed by atoms with E-state index in [1.165, 1.54) is 28.3 Å². The second kappa shape index (κ2) is 17.7. The monoisotopic (exact) mass is 914 g/mol. The second-order valence-corrected chi connectivity index (χ2v) is 18.2. The van der Waals surface area contributed by atoms with E-state index in [0.717, 1.165) is 91.8 Å². The molecule has 0 aliphatic heterocycles. The van der Waals surface area contributed by atoms with E-state index >= 15 is 0 Å². The van der Waals surface area contributed by atoms with Gasteiger partial charge in [-0.15, -0.1) is 22.7 Å². The molecule has 11 rings (SSSR count). The van der Waals surface area contributed by atoms with Gasteiger partial charge in [0.25, 0.3) is 0 Å². The van der Waals surface area contributed by atoms with Gasteiger partial charge in [-0.05, 0) is 97.8 Å². The van der Waals surface area contributed by atoms with Gasteiger partial charge in [-0.3, -0.25) is 0 Å². The van der Waals surface area contributed by atoms with Crippen molar-refractivity contribution in [3.8, 4) is 44.9 Å². The molecule has 2 heterocycles. The van der Waals surface area contributed by atoms with Crippen molar-refractivity contribution >= 4 is 70.6 Å². The molecular weight excluding hydrogens is 873 g/mol. The zero-order valence-electron chi connectivity index (χ0n) is 36.2. The predicted octanol–water partition coefficient (Wildman–Crippen LogP) is 12.9. The van der Waals surface area contributed by atoms with Crippen LogP contribution >= 0.6 is 22.7 Å². The molecule has 67 heavy (non-hydrogen) atoms. The minimum absolute atomic E-state index is 0.130. The highest BCUT2D eigenvalue weighted by Gasteiger charge is 2.50. The van der Waals surface area contributed by atoms with E-state index in [-0.39, 0.29) is 26.4 Å². The Labute approximate surface area is 394 Å². The fourth-order valence-electron chi connectivity index (χ4n) is 9.33. The molecule has 0 fully saturated rings. The van der Waals surface area contributed by atoms with Crippen LogP contribution < -0.4 is 9.47 Å². The largest absolute Gasteiger partial charge is 0.491 e. The number of thiazole rings is 2. The Bertz CT molecular complexity index is 3510. The minimum Gasteiger partial charge on any atom is -0.491 e. The molecule has 10 heteroatoms. The van der Waals surface area contributed by atoms with Crippen molar-refractivity contribution in [1.82, 2.24) is 9.97 Å². The Hall–Kier alpha value is -7.47. The summed E-state index contributed by atoms with van der Waals surface area (Å²) in [5, 5.41) is 15.7. The second-order valence-electron chi connectivity index (χ2n) is 16.1. The topological polar surface area (TPSA) is 100 Å². The van der Waals surface area contributed by atoms with Gasteiger partial charge in [-0.2, -0.15) is 0 Å². The van der Waals surface area contributed by atoms with Gasteiger partial charge in [0.1, 0.15) is 46.7 Å². The molecule has 1 aliphatic rings. The first kappa shape index (κ1) is 42.2. The Morgan fingerprint density at radius 3 is 1.55 bits per heavy atom. The molecule has 1 atom stereocenters. The summed E-state index contributed by atoms with van der Waals surface area (Å²) in [5.41, 5.74) is 10.1. The Morgan fingerprint density at radius 2 is 1.04 bits per heavy atom. The van der Waals surface area contributed by atoms with Gasteiger partial charge < -0.3 is 24.1 Å². The highest BCUT2D eigenvalue weighted by atomic mass is 32.1. The highest BCUT2D eigenvalue weighted by molar-refractivity contribution is 7.20. The molecule has 0 spiro atoms. The average Bonchev–Trinajstić information content (AvgIpc) is 4.09. The number of fused-ring (bicyclic) bond motifs is 7. The third-order valence-electron chi connectivity index (χ3n) is 12.3. The highest BCUT2D eigenvalue weighted by Crippen LogP contribution is 2.58. The van der Waals surface area contributed by atoms with Crippen molar-refractivity contribution in [1.29, 1.82) is 0 Å². The molecule has 8 aromatic carbocycles. The van der Waals surface area contributed by atoms with Gasteiger partial charge in [-0.1, -0.05) is 134 Å². The zero-order valence-corrected chi connectivity index (χ0v) is 37.8. The van der Waals surface area contributed by atoms with Crippen molar-refractivity contribution < 1.29 is 28.8 Å². The first-order chi connectivity index (χ1) is 32.9. The number of aliphatic hydroxyl groups excluding tert-OH is 1. The number of esters is 1. The zero-order chi connectivity index (χ0) is 45.5. The number of aromatic nitrogens is 2. The van der Waals surface area contributed by atoms with Crippen LogP contribution in [0, 0.1) is 0 Å². The number of nitrogens with zero attached hydrogens (tertiary/aromatic N) is 2. The number of carbonyl (C=O) groups is 1. The molecule has 10 aromatic rings.